The second-order valence-electron chi connectivity index (χ2n) is 5.44. The van der Waals surface area contributed by atoms with Crippen LogP contribution in [0.15, 0.2) is 24.3 Å². The number of ether oxygens (including phenoxy) is 1. The Labute approximate surface area is 119 Å². The summed E-state index contributed by atoms with van der Waals surface area (Å²) in [6.45, 7) is 2.34. The Morgan fingerprint density at radius 3 is 2.70 bits per heavy atom. The standard InChI is InChI=1S/C16H21NO3/c1-12(18)14-7-4-8-15(9-14)20-11-16(19)17(2)10-13-5-3-6-13/h4,7-9,13H,3,5-6,10-11H2,1-2H3. The minimum Gasteiger partial charge on any atom is -0.484 e. The van der Waals surface area contributed by atoms with E-state index in [-0.39, 0.29) is 18.3 Å². The first kappa shape index (κ1) is 14.6. The highest BCUT2D eigenvalue weighted by Gasteiger charge is 2.21. The summed E-state index contributed by atoms with van der Waals surface area (Å²) in [5, 5.41) is 0. The fraction of sp³-hybridized carbons (Fsp3) is 0.500. The van der Waals surface area contributed by atoms with E-state index in [4.69, 9.17) is 4.74 Å². The van der Waals surface area contributed by atoms with E-state index < -0.39 is 0 Å². The molecule has 1 amide bonds. The highest BCUT2D eigenvalue weighted by molar-refractivity contribution is 5.94. The number of rotatable bonds is 6. The number of benzene rings is 1. The zero-order chi connectivity index (χ0) is 14.5. The molecule has 0 heterocycles. The van der Waals surface area contributed by atoms with Gasteiger partial charge in [-0.15, -0.1) is 0 Å². The molecule has 0 atom stereocenters. The summed E-state index contributed by atoms with van der Waals surface area (Å²) < 4.78 is 5.47. The van der Waals surface area contributed by atoms with Crippen molar-refractivity contribution in [2.75, 3.05) is 20.2 Å². The third-order valence-corrected chi connectivity index (χ3v) is 3.79. The number of carbonyl (C=O) groups excluding carboxylic acids is 2. The fourth-order valence-electron chi connectivity index (χ4n) is 2.22. The predicted octanol–water partition coefficient (Wildman–Crippen LogP) is 2.53. The molecule has 0 aromatic heterocycles. The molecule has 1 saturated carbocycles. The number of hydrogen-bond donors (Lipinski definition) is 0. The van der Waals surface area contributed by atoms with Crippen molar-refractivity contribution < 1.29 is 14.3 Å². The Morgan fingerprint density at radius 2 is 2.10 bits per heavy atom. The van der Waals surface area contributed by atoms with Gasteiger partial charge in [0.15, 0.2) is 12.4 Å². The smallest absolute Gasteiger partial charge is 0.260 e. The van der Waals surface area contributed by atoms with Crippen LogP contribution in [0.1, 0.15) is 36.5 Å². The number of nitrogens with zero attached hydrogens (tertiary/aromatic N) is 1. The van der Waals surface area contributed by atoms with Crippen LogP contribution in [-0.2, 0) is 4.79 Å². The van der Waals surface area contributed by atoms with Gasteiger partial charge in [0.05, 0.1) is 0 Å². The monoisotopic (exact) mass is 275 g/mol. The molecule has 2 rings (SSSR count). The van der Waals surface area contributed by atoms with Crippen LogP contribution in [0, 0.1) is 5.92 Å². The quantitative estimate of drug-likeness (QED) is 0.749. The van der Waals surface area contributed by atoms with Crippen LogP contribution in [0.5, 0.6) is 5.75 Å². The van der Waals surface area contributed by atoms with Gasteiger partial charge < -0.3 is 9.64 Å². The summed E-state index contributed by atoms with van der Waals surface area (Å²) in [7, 11) is 1.82. The van der Waals surface area contributed by atoms with Gasteiger partial charge in [-0.05, 0) is 37.8 Å². The summed E-state index contributed by atoms with van der Waals surface area (Å²) in [6.07, 6.45) is 3.72. The summed E-state index contributed by atoms with van der Waals surface area (Å²) in [6, 6.07) is 6.92. The van der Waals surface area contributed by atoms with Crippen molar-refractivity contribution in [3.05, 3.63) is 29.8 Å². The highest BCUT2D eigenvalue weighted by atomic mass is 16.5. The maximum Gasteiger partial charge on any atom is 0.260 e. The molecule has 0 spiro atoms. The van der Waals surface area contributed by atoms with E-state index in [1.807, 2.05) is 7.05 Å². The third-order valence-electron chi connectivity index (χ3n) is 3.79. The Balaban J connectivity index is 1.82. The zero-order valence-electron chi connectivity index (χ0n) is 12.1. The maximum atomic E-state index is 11.9. The molecule has 0 aliphatic heterocycles. The van der Waals surface area contributed by atoms with Crippen LogP contribution in [0.3, 0.4) is 0 Å². The molecule has 4 nitrogen and oxygen atoms in total. The number of hydrogen-bond acceptors (Lipinski definition) is 3. The summed E-state index contributed by atoms with van der Waals surface area (Å²) in [4.78, 5) is 25.0. The Kier molecular flexibility index (Phi) is 4.77. The molecule has 0 unspecified atom stereocenters. The molecule has 1 aromatic rings. The first-order valence-electron chi connectivity index (χ1n) is 7.04. The van der Waals surface area contributed by atoms with Gasteiger partial charge >= 0.3 is 0 Å². The number of likely N-dealkylation sites (N-methyl/N-ethyl adjacent to an activating group) is 1. The minimum absolute atomic E-state index is 0.0103. The highest BCUT2D eigenvalue weighted by Crippen LogP contribution is 2.26. The van der Waals surface area contributed by atoms with E-state index in [2.05, 4.69) is 0 Å². The Bertz CT molecular complexity index is 494. The van der Waals surface area contributed by atoms with Crippen molar-refractivity contribution in [3.8, 4) is 5.75 Å². The van der Waals surface area contributed by atoms with Crippen molar-refractivity contribution in [3.63, 3.8) is 0 Å². The molecule has 20 heavy (non-hydrogen) atoms. The lowest BCUT2D eigenvalue weighted by Gasteiger charge is -2.30. The van der Waals surface area contributed by atoms with Gasteiger partial charge in [0.2, 0.25) is 0 Å². The largest absolute Gasteiger partial charge is 0.484 e. The van der Waals surface area contributed by atoms with Crippen molar-refractivity contribution in [1.29, 1.82) is 0 Å². The summed E-state index contributed by atoms with van der Waals surface area (Å²) >= 11 is 0. The van der Waals surface area contributed by atoms with Crippen LogP contribution in [0.4, 0.5) is 0 Å². The molecule has 0 bridgehead atoms. The van der Waals surface area contributed by atoms with Crippen LogP contribution in [0.2, 0.25) is 0 Å². The molecule has 108 valence electrons. The van der Waals surface area contributed by atoms with E-state index in [1.165, 1.54) is 26.2 Å². The lowest BCUT2D eigenvalue weighted by atomic mass is 9.85. The molecule has 1 fully saturated rings. The van der Waals surface area contributed by atoms with Gasteiger partial charge in [-0.3, -0.25) is 9.59 Å². The van der Waals surface area contributed by atoms with Gasteiger partial charge in [0.1, 0.15) is 5.75 Å². The van der Waals surface area contributed by atoms with Crippen LogP contribution in [0.25, 0.3) is 0 Å². The molecule has 4 heteroatoms. The number of carbonyl (C=O) groups is 2. The van der Waals surface area contributed by atoms with Crippen LogP contribution < -0.4 is 4.74 Å². The van der Waals surface area contributed by atoms with Gasteiger partial charge in [-0.2, -0.15) is 0 Å². The molecule has 0 saturated heterocycles. The topological polar surface area (TPSA) is 46.6 Å². The Hall–Kier alpha value is -1.84. The first-order chi connectivity index (χ1) is 9.56. The lowest BCUT2D eigenvalue weighted by Crippen LogP contribution is -2.37. The molecule has 1 aromatic carbocycles. The SMILES string of the molecule is CC(=O)c1cccc(OCC(=O)N(C)CC2CCC2)c1. The fourth-order valence-corrected chi connectivity index (χ4v) is 2.22. The number of amides is 1. The number of ketones is 1. The Morgan fingerprint density at radius 1 is 1.35 bits per heavy atom. The molecular weight excluding hydrogens is 254 g/mol. The van der Waals surface area contributed by atoms with E-state index in [0.717, 1.165) is 6.54 Å². The van der Waals surface area contributed by atoms with Crippen LogP contribution in [-0.4, -0.2) is 36.8 Å². The van der Waals surface area contributed by atoms with Crippen LogP contribution >= 0.6 is 0 Å². The van der Waals surface area contributed by atoms with E-state index >= 15 is 0 Å². The normalized spacial score (nSPS) is 14.5. The van der Waals surface area contributed by atoms with Gasteiger partial charge in [-0.1, -0.05) is 18.6 Å². The molecule has 0 radical (unpaired) electrons. The van der Waals surface area contributed by atoms with Crippen molar-refractivity contribution in [2.24, 2.45) is 5.92 Å². The molecular formula is C16H21NO3. The lowest BCUT2D eigenvalue weighted by molar-refractivity contribution is -0.133. The zero-order valence-corrected chi connectivity index (χ0v) is 12.1. The first-order valence-corrected chi connectivity index (χ1v) is 7.04. The van der Waals surface area contributed by atoms with Gasteiger partial charge in [-0.25, -0.2) is 0 Å². The average Bonchev–Trinajstić information content (AvgIpc) is 2.40. The average molecular weight is 275 g/mol. The van der Waals surface area contributed by atoms with Crippen molar-refractivity contribution >= 4 is 11.7 Å². The predicted molar refractivity (Wildman–Crippen MR) is 76.9 cm³/mol. The minimum atomic E-state index is -0.0230. The summed E-state index contributed by atoms with van der Waals surface area (Å²) in [5.41, 5.74) is 0.595. The van der Waals surface area contributed by atoms with E-state index in [0.29, 0.717) is 17.2 Å². The second kappa shape index (κ2) is 6.55. The van der Waals surface area contributed by atoms with Crippen molar-refractivity contribution in [2.45, 2.75) is 26.2 Å². The molecule has 1 aliphatic rings. The molecule has 1 aliphatic carbocycles. The maximum absolute atomic E-state index is 11.9. The second-order valence-corrected chi connectivity index (χ2v) is 5.44. The van der Waals surface area contributed by atoms with Gasteiger partial charge in [0, 0.05) is 19.2 Å². The number of Topliss-reactive ketones (excluding diaryl/α,β-unsaturated/α-hetero) is 1. The van der Waals surface area contributed by atoms with E-state index in [9.17, 15) is 9.59 Å². The third kappa shape index (κ3) is 3.83. The molecule has 0 N–H and O–H groups in total. The van der Waals surface area contributed by atoms with E-state index in [1.54, 1.807) is 29.2 Å². The van der Waals surface area contributed by atoms with Crippen molar-refractivity contribution in [1.82, 2.24) is 4.90 Å². The summed E-state index contributed by atoms with van der Waals surface area (Å²) in [5.74, 6) is 1.18. The van der Waals surface area contributed by atoms with Gasteiger partial charge in [0.25, 0.3) is 5.91 Å².